The van der Waals surface area contributed by atoms with Crippen LogP contribution in [0.1, 0.15) is 5.56 Å². The van der Waals surface area contributed by atoms with Gasteiger partial charge in [0.15, 0.2) is 0 Å². The van der Waals surface area contributed by atoms with Crippen molar-refractivity contribution < 1.29 is 31.7 Å². The molecule has 0 bridgehead atoms. The molecule has 4 N–H and O–H groups in total. The lowest BCUT2D eigenvalue weighted by molar-refractivity contribution is -0.119. The summed E-state index contributed by atoms with van der Waals surface area (Å²) in [6.07, 6.45) is -0.859. The highest BCUT2D eigenvalue weighted by atomic mass is 35.5. The van der Waals surface area contributed by atoms with Crippen LogP contribution in [0.15, 0.2) is 46.3 Å². The zero-order valence-corrected chi connectivity index (χ0v) is 18.9. The first-order valence-corrected chi connectivity index (χ1v) is 10.7. The standard InChI is InChI=1S/C19H21ClN4O7S/c1-11-4-6-13(9-14(11)20)31-32(27,28)16-8-12(22-18(21)24-19(26)30-3)5-7-15(16)23-17(25)10-29-2/h4-9H,10H2,1-3H3,(H,23,25)(H3,21,22,24,26). The first kappa shape index (κ1) is 24.9. The number of nitrogens with two attached hydrogens (primary N) is 1. The fraction of sp³-hybridized carbons (Fsp3) is 0.211. The van der Waals surface area contributed by atoms with E-state index in [9.17, 15) is 18.0 Å². The number of benzene rings is 2. The second-order valence-corrected chi connectivity index (χ2v) is 8.15. The summed E-state index contributed by atoms with van der Waals surface area (Å²) in [5.74, 6) is -0.969. The van der Waals surface area contributed by atoms with Gasteiger partial charge in [-0.2, -0.15) is 8.42 Å². The summed E-state index contributed by atoms with van der Waals surface area (Å²) in [7, 11) is -2.00. The molecule has 0 fully saturated rings. The Bertz CT molecular complexity index is 1150. The largest absolute Gasteiger partial charge is 0.453 e. The third-order valence-electron chi connectivity index (χ3n) is 3.80. The van der Waals surface area contributed by atoms with Crippen LogP contribution in [-0.2, 0) is 24.4 Å². The summed E-state index contributed by atoms with van der Waals surface area (Å²) in [6.45, 7) is 1.45. The fourth-order valence-electron chi connectivity index (χ4n) is 2.33. The van der Waals surface area contributed by atoms with Crippen LogP contribution in [0.5, 0.6) is 5.75 Å². The summed E-state index contributed by atoms with van der Waals surface area (Å²) in [4.78, 5) is 26.7. The normalized spacial score (nSPS) is 11.6. The average molecular weight is 485 g/mol. The van der Waals surface area contributed by atoms with Crippen LogP contribution >= 0.6 is 11.6 Å². The van der Waals surface area contributed by atoms with Gasteiger partial charge in [-0.1, -0.05) is 17.7 Å². The van der Waals surface area contributed by atoms with Gasteiger partial charge in [0.05, 0.1) is 18.5 Å². The zero-order chi connectivity index (χ0) is 23.9. The molecule has 0 heterocycles. The van der Waals surface area contributed by atoms with Crippen molar-refractivity contribution in [2.75, 3.05) is 26.1 Å². The molecule has 0 spiro atoms. The van der Waals surface area contributed by atoms with Gasteiger partial charge in [0.1, 0.15) is 17.3 Å². The minimum absolute atomic E-state index is 0.0319. The fourth-order valence-corrected chi connectivity index (χ4v) is 3.60. The summed E-state index contributed by atoms with van der Waals surface area (Å²) in [5.41, 5.74) is 6.31. The first-order valence-electron chi connectivity index (χ1n) is 8.88. The highest BCUT2D eigenvalue weighted by Crippen LogP contribution is 2.30. The molecule has 0 saturated carbocycles. The molecular weight excluding hydrogens is 464 g/mol. The van der Waals surface area contributed by atoms with Crippen molar-refractivity contribution in [3.05, 3.63) is 47.0 Å². The molecule has 2 aromatic carbocycles. The predicted octanol–water partition coefficient (Wildman–Crippen LogP) is 2.30. The number of hydrogen-bond donors (Lipinski definition) is 3. The Labute approximate surface area is 189 Å². The number of hydrogen-bond acceptors (Lipinski definition) is 8. The summed E-state index contributed by atoms with van der Waals surface area (Å²) < 4.78 is 40.3. The number of amides is 2. The van der Waals surface area contributed by atoms with Gasteiger partial charge in [-0.25, -0.2) is 9.79 Å². The molecule has 0 unspecified atom stereocenters. The number of halogens is 1. The summed E-state index contributed by atoms with van der Waals surface area (Å²) >= 11 is 6.04. The molecule has 13 heteroatoms. The Hall–Kier alpha value is -3.35. The minimum atomic E-state index is -4.46. The number of carbonyl (C=O) groups excluding carboxylic acids is 2. The van der Waals surface area contributed by atoms with E-state index in [0.717, 1.165) is 18.7 Å². The Balaban J connectivity index is 2.48. The molecule has 0 aliphatic heterocycles. The molecule has 0 atom stereocenters. The van der Waals surface area contributed by atoms with E-state index in [0.29, 0.717) is 5.02 Å². The van der Waals surface area contributed by atoms with Crippen LogP contribution in [-0.4, -0.2) is 47.2 Å². The number of anilines is 1. The predicted molar refractivity (Wildman–Crippen MR) is 118 cm³/mol. The number of aryl methyl sites for hydroxylation is 1. The number of guanidine groups is 1. The Morgan fingerprint density at radius 1 is 1.16 bits per heavy atom. The minimum Gasteiger partial charge on any atom is -0.453 e. The molecule has 2 aromatic rings. The highest BCUT2D eigenvalue weighted by molar-refractivity contribution is 7.87. The van der Waals surface area contributed by atoms with Crippen molar-refractivity contribution in [3.8, 4) is 5.75 Å². The number of rotatable bonds is 7. The Morgan fingerprint density at radius 3 is 2.50 bits per heavy atom. The number of methoxy groups -OCH3 is 2. The Kier molecular flexibility index (Phi) is 8.41. The van der Waals surface area contributed by atoms with Crippen LogP contribution < -0.4 is 20.6 Å². The number of aliphatic imine (C=N–C) groups is 1. The molecule has 2 rings (SSSR count). The van der Waals surface area contributed by atoms with Gasteiger partial charge in [0.25, 0.3) is 0 Å². The van der Waals surface area contributed by atoms with Gasteiger partial charge in [-0.3, -0.25) is 10.1 Å². The monoisotopic (exact) mass is 484 g/mol. The van der Waals surface area contributed by atoms with Crippen molar-refractivity contribution >= 4 is 51.1 Å². The molecule has 32 heavy (non-hydrogen) atoms. The van der Waals surface area contributed by atoms with Crippen LogP contribution in [0, 0.1) is 6.92 Å². The number of alkyl carbamates (subject to hydrolysis) is 1. The van der Waals surface area contributed by atoms with Gasteiger partial charge in [-0.15, -0.1) is 0 Å². The van der Waals surface area contributed by atoms with Gasteiger partial charge in [0, 0.05) is 18.2 Å². The molecule has 0 aliphatic carbocycles. The van der Waals surface area contributed by atoms with Crippen molar-refractivity contribution in [1.29, 1.82) is 0 Å². The third-order valence-corrected chi connectivity index (χ3v) is 5.49. The van der Waals surface area contributed by atoms with Crippen LogP contribution in [0.4, 0.5) is 16.2 Å². The van der Waals surface area contributed by atoms with Crippen molar-refractivity contribution in [2.45, 2.75) is 11.8 Å². The van der Waals surface area contributed by atoms with E-state index in [1.165, 1.54) is 31.4 Å². The van der Waals surface area contributed by atoms with E-state index in [1.807, 2.05) is 0 Å². The van der Waals surface area contributed by atoms with E-state index >= 15 is 0 Å². The molecular formula is C19H21ClN4O7S. The number of carbonyl (C=O) groups is 2. The lowest BCUT2D eigenvalue weighted by Crippen LogP contribution is -2.36. The van der Waals surface area contributed by atoms with Gasteiger partial charge < -0.3 is 24.7 Å². The van der Waals surface area contributed by atoms with Gasteiger partial charge >= 0.3 is 16.2 Å². The second kappa shape index (κ2) is 10.8. The lowest BCUT2D eigenvalue weighted by Gasteiger charge is -2.14. The molecule has 0 saturated heterocycles. The van der Waals surface area contributed by atoms with E-state index < -0.39 is 27.0 Å². The first-order chi connectivity index (χ1) is 15.1. The van der Waals surface area contributed by atoms with Crippen LogP contribution in [0.2, 0.25) is 5.02 Å². The Morgan fingerprint density at radius 2 is 1.88 bits per heavy atom. The number of ether oxygens (including phenoxy) is 2. The topological polar surface area (TPSA) is 158 Å². The van der Waals surface area contributed by atoms with Crippen LogP contribution in [0.25, 0.3) is 0 Å². The quantitative estimate of drug-likeness (QED) is 0.306. The van der Waals surface area contributed by atoms with Gasteiger partial charge in [0.2, 0.25) is 11.9 Å². The molecule has 172 valence electrons. The smallest absolute Gasteiger partial charge is 0.413 e. The molecule has 0 aromatic heterocycles. The highest BCUT2D eigenvalue weighted by Gasteiger charge is 2.23. The van der Waals surface area contributed by atoms with Crippen LogP contribution in [0.3, 0.4) is 0 Å². The number of nitrogens with one attached hydrogen (secondary N) is 2. The maximum atomic E-state index is 13.0. The van der Waals surface area contributed by atoms with Crippen molar-refractivity contribution in [3.63, 3.8) is 0 Å². The van der Waals surface area contributed by atoms with E-state index in [1.54, 1.807) is 13.0 Å². The lowest BCUT2D eigenvalue weighted by atomic mass is 10.2. The van der Waals surface area contributed by atoms with E-state index in [2.05, 4.69) is 20.4 Å². The average Bonchev–Trinajstić information content (AvgIpc) is 2.71. The molecule has 2 amide bonds. The molecule has 11 nitrogen and oxygen atoms in total. The molecule has 0 aliphatic rings. The third kappa shape index (κ3) is 6.83. The van der Waals surface area contributed by atoms with Gasteiger partial charge in [-0.05, 0) is 36.8 Å². The number of nitrogens with zero attached hydrogens (tertiary/aromatic N) is 1. The van der Waals surface area contributed by atoms with Crippen molar-refractivity contribution in [1.82, 2.24) is 5.32 Å². The van der Waals surface area contributed by atoms with E-state index in [4.69, 9.17) is 26.3 Å². The summed E-state index contributed by atoms with van der Waals surface area (Å²) in [6, 6.07) is 8.14. The zero-order valence-electron chi connectivity index (χ0n) is 17.3. The molecule has 0 radical (unpaired) electrons. The summed E-state index contributed by atoms with van der Waals surface area (Å²) in [5, 5.41) is 4.87. The van der Waals surface area contributed by atoms with E-state index in [-0.39, 0.29) is 29.7 Å². The maximum absolute atomic E-state index is 13.0. The van der Waals surface area contributed by atoms with Crippen molar-refractivity contribution in [2.24, 2.45) is 10.7 Å². The second-order valence-electron chi connectivity index (χ2n) is 6.22. The SMILES string of the molecule is COCC(=O)Nc1ccc(N=C(N)NC(=O)OC)cc1S(=O)(=O)Oc1ccc(C)c(Cl)c1. The maximum Gasteiger partial charge on any atom is 0.413 e.